The molecule has 17 heavy (non-hydrogen) atoms. The van der Waals surface area contributed by atoms with Gasteiger partial charge in [-0.1, -0.05) is 0 Å². The van der Waals surface area contributed by atoms with Crippen molar-refractivity contribution in [2.45, 2.75) is 13.5 Å². The second kappa shape index (κ2) is 6.30. The molecular formula is C12H15F2NO2. The number of nitrogens with zero attached hydrogens (tertiary/aromatic N) is 1. The Morgan fingerprint density at radius 3 is 2.76 bits per heavy atom. The fourth-order valence-corrected chi connectivity index (χ4v) is 1.44. The molecule has 5 heteroatoms. The zero-order valence-corrected chi connectivity index (χ0v) is 9.87. The lowest BCUT2D eigenvalue weighted by atomic mass is 10.2. The van der Waals surface area contributed by atoms with Crippen LogP contribution in [0, 0.1) is 11.6 Å². The maximum Gasteiger partial charge on any atom is 0.320 e. The van der Waals surface area contributed by atoms with Crippen LogP contribution in [0.15, 0.2) is 18.2 Å². The molecule has 0 N–H and O–H groups in total. The molecule has 1 rings (SSSR count). The van der Waals surface area contributed by atoms with E-state index in [1.54, 1.807) is 18.9 Å². The fourth-order valence-electron chi connectivity index (χ4n) is 1.44. The van der Waals surface area contributed by atoms with E-state index in [9.17, 15) is 13.6 Å². The van der Waals surface area contributed by atoms with Gasteiger partial charge in [0.05, 0.1) is 13.2 Å². The first kappa shape index (κ1) is 13.6. The van der Waals surface area contributed by atoms with Crippen LogP contribution in [0.2, 0.25) is 0 Å². The topological polar surface area (TPSA) is 29.5 Å². The molecule has 0 atom stereocenters. The summed E-state index contributed by atoms with van der Waals surface area (Å²) in [6, 6.07) is 3.25. The van der Waals surface area contributed by atoms with Gasteiger partial charge in [0.25, 0.3) is 0 Å². The molecule has 0 saturated heterocycles. The third kappa shape index (κ3) is 4.48. The Bertz CT molecular complexity index is 396. The molecule has 0 bridgehead atoms. The Morgan fingerprint density at radius 2 is 2.12 bits per heavy atom. The van der Waals surface area contributed by atoms with Gasteiger partial charge in [0, 0.05) is 12.1 Å². The molecular weight excluding hydrogens is 228 g/mol. The highest BCUT2D eigenvalue weighted by molar-refractivity contribution is 5.71. The van der Waals surface area contributed by atoms with Gasteiger partial charge in [0.1, 0.15) is 11.6 Å². The second-order valence-corrected chi connectivity index (χ2v) is 3.71. The number of carbonyl (C=O) groups excluding carboxylic acids is 1. The van der Waals surface area contributed by atoms with Crippen LogP contribution in [0.3, 0.4) is 0 Å². The van der Waals surface area contributed by atoms with Crippen molar-refractivity contribution in [1.82, 2.24) is 4.90 Å². The normalized spacial score (nSPS) is 10.6. The Kier molecular flexibility index (Phi) is 5.03. The fraction of sp³-hybridized carbons (Fsp3) is 0.417. The molecule has 0 heterocycles. The predicted molar refractivity (Wildman–Crippen MR) is 59.3 cm³/mol. The van der Waals surface area contributed by atoms with Crippen molar-refractivity contribution in [3.63, 3.8) is 0 Å². The number of hydrogen-bond donors (Lipinski definition) is 0. The van der Waals surface area contributed by atoms with Crippen molar-refractivity contribution >= 4 is 5.97 Å². The number of hydrogen-bond acceptors (Lipinski definition) is 3. The van der Waals surface area contributed by atoms with E-state index < -0.39 is 11.6 Å². The summed E-state index contributed by atoms with van der Waals surface area (Å²) in [5.74, 6) is -1.36. The molecule has 0 aliphatic rings. The van der Waals surface area contributed by atoms with Crippen LogP contribution in [-0.2, 0) is 16.1 Å². The van der Waals surface area contributed by atoms with Crippen LogP contribution in [0.5, 0.6) is 0 Å². The summed E-state index contributed by atoms with van der Waals surface area (Å²) in [5, 5.41) is 0. The van der Waals surface area contributed by atoms with Crippen LogP contribution >= 0.6 is 0 Å². The summed E-state index contributed by atoms with van der Waals surface area (Å²) in [7, 11) is 1.64. The van der Waals surface area contributed by atoms with E-state index in [0.29, 0.717) is 6.61 Å². The van der Waals surface area contributed by atoms with Crippen molar-refractivity contribution in [2.24, 2.45) is 0 Å². The van der Waals surface area contributed by atoms with Gasteiger partial charge in [0.2, 0.25) is 0 Å². The Morgan fingerprint density at radius 1 is 1.41 bits per heavy atom. The molecule has 94 valence electrons. The van der Waals surface area contributed by atoms with E-state index >= 15 is 0 Å². The van der Waals surface area contributed by atoms with Gasteiger partial charge in [-0.2, -0.15) is 0 Å². The first-order chi connectivity index (χ1) is 8.02. The number of halogens is 2. The first-order valence-electron chi connectivity index (χ1n) is 5.31. The van der Waals surface area contributed by atoms with Gasteiger partial charge >= 0.3 is 5.97 Å². The molecule has 0 fully saturated rings. The monoisotopic (exact) mass is 243 g/mol. The van der Waals surface area contributed by atoms with Crippen molar-refractivity contribution in [3.8, 4) is 0 Å². The molecule has 1 aromatic carbocycles. The van der Waals surface area contributed by atoms with Crippen molar-refractivity contribution in [2.75, 3.05) is 20.2 Å². The van der Waals surface area contributed by atoms with Gasteiger partial charge in [-0.05, 0) is 32.2 Å². The molecule has 0 aliphatic carbocycles. The Hall–Kier alpha value is -1.49. The maximum atomic E-state index is 13.3. The molecule has 0 unspecified atom stereocenters. The van der Waals surface area contributed by atoms with Gasteiger partial charge in [-0.15, -0.1) is 0 Å². The lowest BCUT2D eigenvalue weighted by molar-refractivity contribution is -0.144. The molecule has 3 nitrogen and oxygen atoms in total. The molecule has 0 radical (unpaired) electrons. The smallest absolute Gasteiger partial charge is 0.320 e. The maximum absolute atomic E-state index is 13.3. The average Bonchev–Trinajstić information content (AvgIpc) is 2.23. The van der Waals surface area contributed by atoms with Crippen molar-refractivity contribution < 1.29 is 18.3 Å². The summed E-state index contributed by atoms with van der Waals surface area (Å²) < 4.78 is 31.0. The van der Waals surface area contributed by atoms with Gasteiger partial charge in [-0.25, -0.2) is 8.78 Å². The largest absolute Gasteiger partial charge is 0.465 e. The van der Waals surface area contributed by atoms with Gasteiger partial charge in [0.15, 0.2) is 0 Å². The highest BCUT2D eigenvalue weighted by Gasteiger charge is 2.10. The molecule has 0 aliphatic heterocycles. The third-order valence-electron chi connectivity index (χ3n) is 2.15. The number of esters is 1. The molecule has 0 aromatic heterocycles. The number of carbonyl (C=O) groups is 1. The second-order valence-electron chi connectivity index (χ2n) is 3.71. The molecule has 0 saturated carbocycles. The molecule has 0 spiro atoms. The van der Waals surface area contributed by atoms with E-state index in [2.05, 4.69) is 0 Å². The standard InChI is InChI=1S/C12H15F2NO2/c1-3-17-12(16)8-15(2)7-9-6-10(13)4-5-11(9)14/h4-6H,3,7-8H2,1-2H3. The number of ether oxygens (including phenoxy) is 1. The number of rotatable bonds is 5. The zero-order valence-electron chi connectivity index (χ0n) is 9.87. The molecule has 1 aromatic rings. The highest BCUT2D eigenvalue weighted by atomic mass is 19.1. The predicted octanol–water partition coefficient (Wildman–Crippen LogP) is 1.96. The van der Waals surface area contributed by atoms with E-state index in [1.165, 1.54) is 0 Å². The summed E-state index contributed by atoms with van der Waals surface area (Å²) >= 11 is 0. The number of benzene rings is 1. The van der Waals surface area contributed by atoms with E-state index in [0.717, 1.165) is 18.2 Å². The summed E-state index contributed by atoms with van der Waals surface area (Å²) in [6.07, 6.45) is 0. The van der Waals surface area contributed by atoms with Crippen LogP contribution in [0.1, 0.15) is 12.5 Å². The molecule has 0 amide bonds. The van der Waals surface area contributed by atoms with Crippen molar-refractivity contribution in [3.05, 3.63) is 35.4 Å². The van der Waals surface area contributed by atoms with Crippen LogP contribution in [-0.4, -0.2) is 31.1 Å². The SMILES string of the molecule is CCOC(=O)CN(C)Cc1cc(F)ccc1F. The van der Waals surface area contributed by atoms with Gasteiger partial charge < -0.3 is 4.74 Å². The minimum absolute atomic E-state index is 0.0454. The van der Waals surface area contributed by atoms with E-state index in [1.807, 2.05) is 0 Å². The Labute approximate surface area is 99.0 Å². The number of likely N-dealkylation sites (N-methyl/N-ethyl adjacent to an activating group) is 1. The lowest BCUT2D eigenvalue weighted by Gasteiger charge is -2.15. The minimum atomic E-state index is -0.495. The third-order valence-corrected chi connectivity index (χ3v) is 2.15. The minimum Gasteiger partial charge on any atom is -0.465 e. The van der Waals surface area contributed by atoms with Crippen LogP contribution < -0.4 is 0 Å². The Balaban J connectivity index is 2.58. The zero-order chi connectivity index (χ0) is 12.8. The average molecular weight is 243 g/mol. The summed E-state index contributed by atoms with van der Waals surface area (Å²) in [4.78, 5) is 12.7. The van der Waals surface area contributed by atoms with Gasteiger partial charge in [-0.3, -0.25) is 9.69 Å². The quantitative estimate of drug-likeness (QED) is 0.740. The van der Waals surface area contributed by atoms with Crippen LogP contribution in [0.4, 0.5) is 8.78 Å². The highest BCUT2D eigenvalue weighted by Crippen LogP contribution is 2.11. The van der Waals surface area contributed by atoms with Crippen LogP contribution in [0.25, 0.3) is 0 Å². The summed E-state index contributed by atoms with van der Waals surface area (Å²) in [6.45, 7) is 2.22. The summed E-state index contributed by atoms with van der Waals surface area (Å²) in [5.41, 5.74) is 0.219. The van der Waals surface area contributed by atoms with E-state index in [-0.39, 0.29) is 24.6 Å². The van der Waals surface area contributed by atoms with E-state index in [4.69, 9.17) is 4.74 Å². The lowest BCUT2D eigenvalue weighted by Crippen LogP contribution is -2.27. The first-order valence-corrected chi connectivity index (χ1v) is 5.31. The van der Waals surface area contributed by atoms with Crippen molar-refractivity contribution in [1.29, 1.82) is 0 Å².